The second-order valence-corrected chi connectivity index (χ2v) is 5.34. The van der Waals surface area contributed by atoms with E-state index < -0.39 is 5.97 Å². The smallest absolute Gasteiger partial charge is 0.304 e. The first kappa shape index (κ1) is 11.5. The molecule has 0 aliphatic heterocycles. The molecule has 1 heterocycles. The van der Waals surface area contributed by atoms with Gasteiger partial charge >= 0.3 is 5.97 Å². The van der Waals surface area contributed by atoms with Crippen molar-refractivity contribution in [3.8, 4) is 0 Å². The summed E-state index contributed by atoms with van der Waals surface area (Å²) in [5.41, 5.74) is 1.09. The zero-order chi connectivity index (χ0) is 10.6. The van der Waals surface area contributed by atoms with Crippen molar-refractivity contribution in [2.75, 3.05) is 5.75 Å². The van der Waals surface area contributed by atoms with E-state index in [2.05, 4.69) is 11.9 Å². The van der Waals surface area contributed by atoms with Crippen LogP contribution in [0.25, 0.3) is 0 Å². The number of carboxylic acids is 1. The van der Waals surface area contributed by atoms with Crippen molar-refractivity contribution in [3.63, 3.8) is 0 Å². The second-order valence-electron chi connectivity index (χ2n) is 2.95. The van der Waals surface area contributed by atoms with Gasteiger partial charge in [0.1, 0.15) is 5.01 Å². The number of carboxylic acid groups (broad SMARTS) is 1. The van der Waals surface area contributed by atoms with Gasteiger partial charge in [-0.15, -0.1) is 11.3 Å². The van der Waals surface area contributed by atoms with Crippen molar-refractivity contribution in [1.29, 1.82) is 0 Å². The normalized spacial score (nSPS) is 10.4. The van der Waals surface area contributed by atoms with Crippen LogP contribution in [0.15, 0.2) is 0 Å². The van der Waals surface area contributed by atoms with Crippen LogP contribution in [0.1, 0.15) is 22.0 Å². The monoisotopic (exact) mass is 231 g/mol. The van der Waals surface area contributed by atoms with Gasteiger partial charge in [0, 0.05) is 16.4 Å². The Morgan fingerprint density at radius 2 is 2.29 bits per heavy atom. The minimum absolute atomic E-state index is 0.230. The van der Waals surface area contributed by atoms with E-state index in [9.17, 15) is 4.79 Å². The minimum atomic E-state index is -0.732. The Hall–Kier alpha value is -0.550. The maximum Gasteiger partial charge on any atom is 0.304 e. The fourth-order valence-corrected chi connectivity index (χ4v) is 2.84. The van der Waals surface area contributed by atoms with Gasteiger partial charge < -0.3 is 5.11 Å². The molecule has 0 aliphatic rings. The lowest BCUT2D eigenvalue weighted by atomic mass is 10.4. The van der Waals surface area contributed by atoms with Gasteiger partial charge in [-0.3, -0.25) is 4.79 Å². The molecule has 1 N–H and O–H groups in total. The summed E-state index contributed by atoms with van der Waals surface area (Å²) in [6, 6.07) is 0. The molecule has 1 aromatic heterocycles. The topological polar surface area (TPSA) is 50.2 Å². The third kappa shape index (κ3) is 3.67. The van der Waals surface area contributed by atoms with Crippen LogP contribution < -0.4 is 0 Å². The fourth-order valence-electron chi connectivity index (χ4n) is 0.920. The third-order valence-corrected chi connectivity index (χ3v) is 3.98. The van der Waals surface area contributed by atoms with Crippen LogP contribution >= 0.6 is 23.1 Å². The maximum atomic E-state index is 10.2. The Morgan fingerprint density at radius 1 is 1.57 bits per heavy atom. The molecule has 0 saturated heterocycles. The molecule has 0 unspecified atom stereocenters. The van der Waals surface area contributed by atoms with Crippen molar-refractivity contribution in [2.24, 2.45) is 0 Å². The fraction of sp³-hybridized carbons (Fsp3) is 0.556. The van der Waals surface area contributed by atoms with Gasteiger partial charge in [-0.25, -0.2) is 4.98 Å². The van der Waals surface area contributed by atoms with Gasteiger partial charge in [0.2, 0.25) is 0 Å². The first-order valence-electron chi connectivity index (χ1n) is 4.32. The van der Waals surface area contributed by atoms with Gasteiger partial charge in [-0.1, -0.05) is 0 Å². The maximum absolute atomic E-state index is 10.2. The first-order valence-corrected chi connectivity index (χ1v) is 6.29. The number of aryl methyl sites for hydroxylation is 2. The Balaban J connectivity index is 2.28. The molecule has 0 aromatic carbocycles. The van der Waals surface area contributed by atoms with Gasteiger partial charge in [0.25, 0.3) is 0 Å². The lowest BCUT2D eigenvalue weighted by Crippen LogP contribution is -1.96. The van der Waals surface area contributed by atoms with Crippen molar-refractivity contribution in [1.82, 2.24) is 4.98 Å². The van der Waals surface area contributed by atoms with Crippen LogP contribution in [0, 0.1) is 13.8 Å². The Morgan fingerprint density at radius 3 is 2.79 bits per heavy atom. The van der Waals surface area contributed by atoms with Crippen LogP contribution in [-0.4, -0.2) is 21.8 Å². The largest absolute Gasteiger partial charge is 0.481 e. The molecule has 0 spiro atoms. The van der Waals surface area contributed by atoms with E-state index in [4.69, 9.17) is 5.11 Å². The third-order valence-electron chi connectivity index (χ3n) is 1.76. The molecule has 0 bridgehead atoms. The summed E-state index contributed by atoms with van der Waals surface area (Å²) in [5.74, 6) is 0.753. The molecule has 0 fully saturated rings. The number of nitrogens with zero attached hydrogens (tertiary/aromatic N) is 1. The van der Waals surface area contributed by atoms with Crippen molar-refractivity contribution in [2.45, 2.75) is 26.0 Å². The summed E-state index contributed by atoms with van der Waals surface area (Å²) in [5, 5.41) is 9.53. The number of thioether (sulfide) groups is 1. The van der Waals surface area contributed by atoms with Crippen LogP contribution in [0.3, 0.4) is 0 Å². The molecule has 0 atom stereocenters. The lowest BCUT2D eigenvalue weighted by Gasteiger charge is -1.94. The predicted molar refractivity (Wildman–Crippen MR) is 60.0 cm³/mol. The highest BCUT2D eigenvalue weighted by Crippen LogP contribution is 2.21. The molecule has 3 nitrogen and oxygen atoms in total. The highest BCUT2D eigenvalue weighted by atomic mass is 32.2. The molecule has 0 radical (unpaired) electrons. The summed E-state index contributed by atoms with van der Waals surface area (Å²) in [4.78, 5) is 15.9. The minimum Gasteiger partial charge on any atom is -0.481 e. The van der Waals surface area contributed by atoms with Gasteiger partial charge in [0.05, 0.1) is 12.1 Å². The van der Waals surface area contributed by atoms with Gasteiger partial charge in [-0.05, 0) is 13.8 Å². The first-order chi connectivity index (χ1) is 6.59. The molecule has 5 heteroatoms. The average Bonchev–Trinajstić information content (AvgIpc) is 2.40. The highest BCUT2D eigenvalue weighted by Gasteiger charge is 2.04. The summed E-state index contributed by atoms with van der Waals surface area (Å²) >= 11 is 3.32. The van der Waals surface area contributed by atoms with E-state index >= 15 is 0 Å². The number of carbonyl (C=O) groups is 1. The van der Waals surface area contributed by atoms with Crippen molar-refractivity contribution >= 4 is 29.1 Å². The number of aromatic nitrogens is 1. The Kier molecular flexibility index (Phi) is 4.41. The van der Waals surface area contributed by atoms with Crippen LogP contribution in [0.2, 0.25) is 0 Å². The van der Waals surface area contributed by atoms with E-state index in [1.54, 1.807) is 23.1 Å². The van der Waals surface area contributed by atoms with E-state index in [0.29, 0.717) is 5.75 Å². The van der Waals surface area contributed by atoms with Crippen molar-refractivity contribution < 1.29 is 9.90 Å². The molecular formula is C9H13NO2S2. The van der Waals surface area contributed by atoms with Gasteiger partial charge in [-0.2, -0.15) is 11.8 Å². The van der Waals surface area contributed by atoms with Crippen LogP contribution in [0.4, 0.5) is 0 Å². The molecule has 0 saturated carbocycles. The summed E-state index contributed by atoms with van der Waals surface area (Å²) in [6.07, 6.45) is 0.230. The summed E-state index contributed by atoms with van der Waals surface area (Å²) in [6.45, 7) is 4.05. The zero-order valence-corrected chi connectivity index (χ0v) is 9.87. The molecular weight excluding hydrogens is 218 g/mol. The molecule has 1 rings (SSSR count). The lowest BCUT2D eigenvalue weighted by molar-refractivity contribution is -0.136. The predicted octanol–water partition coefficient (Wildman–Crippen LogP) is 2.47. The van der Waals surface area contributed by atoms with E-state index in [-0.39, 0.29) is 6.42 Å². The van der Waals surface area contributed by atoms with Crippen LogP contribution in [0.5, 0.6) is 0 Å². The molecule has 14 heavy (non-hydrogen) atoms. The number of hydrogen-bond acceptors (Lipinski definition) is 4. The summed E-state index contributed by atoms with van der Waals surface area (Å²) in [7, 11) is 0. The standard InChI is InChI=1S/C9H13NO2S2/c1-6-7(2)14-8(10-6)5-13-4-3-9(11)12/h3-5H2,1-2H3,(H,11,12). The SMILES string of the molecule is Cc1nc(CSCCC(=O)O)sc1C. The number of rotatable bonds is 5. The van der Waals surface area contributed by atoms with Crippen LogP contribution in [-0.2, 0) is 10.5 Å². The van der Waals surface area contributed by atoms with E-state index in [1.165, 1.54) is 4.88 Å². The second kappa shape index (κ2) is 5.36. The molecule has 78 valence electrons. The molecule has 1 aromatic rings. The highest BCUT2D eigenvalue weighted by molar-refractivity contribution is 7.98. The Bertz CT molecular complexity index is 303. The quantitative estimate of drug-likeness (QED) is 0.791. The summed E-state index contributed by atoms with van der Waals surface area (Å²) < 4.78 is 0. The van der Waals surface area contributed by atoms with E-state index in [0.717, 1.165) is 16.5 Å². The molecule has 0 aliphatic carbocycles. The number of aliphatic carboxylic acids is 1. The Labute approximate surface area is 91.6 Å². The van der Waals surface area contributed by atoms with Gasteiger partial charge in [0.15, 0.2) is 0 Å². The average molecular weight is 231 g/mol. The van der Waals surface area contributed by atoms with E-state index in [1.807, 2.05) is 6.92 Å². The van der Waals surface area contributed by atoms with Crippen molar-refractivity contribution in [3.05, 3.63) is 15.6 Å². The molecule has 0 amide bonds. The zero-order valence-electron chi connectivity index (χ0n) is 8.24. The number of thiazole rings is 1. The number of hydrogen-bond donors (Lipinski definition) is 1.